The summed E-state index contributed by atoms with van der Waals surface area (Å²) in [7, 11) is 4.05. The van der Waals surface area contributed by atoms with Crippen LogP contribution >= 0.6 is 0 Å². The van der Waals surface area contributed by atoms with E-state index in [4.69, 9.17) is 5.11 Å². The second-order valence-electron chi connectivity index (χ2n) is 3.80. The lowest BCUT2D eigenvalue weighted by atomic mass is 10.2. The van der Waals surface area contributed by atoms with Gasteiger partial charge in [-0.2, -0.15) is 0 Å². The molecule has 2 N–H and O–H groups in total. The predicted octanol–water partition coefficient (Wildman–Crippen LogP) is 0.856. The fourth-order valence-corrected chi connectivity index (χ4v) is 1.44. The fourth-order valence-electron chi connectivity index (χ4n) is 1.44. The zero-order valence-electron chi connectivity index (χ0n) is 9.55. The van der Waals surface area contributed by atoms with Crippen molar-refractivity contribution in [3.8, 4) is 0 Å². The maximum Gasteiger partial charge on any atom is 0.0431 e. The van der Waals surface area contributed by atoms with Gasteiger partial charge < -0.3 is 15.3 Å². The molecule has 0 saturated carbocycles. The lowest BCUT2D eigenvalue weighted by molar-refractivity contribution is 0.275. The van der Waals surface area contributed by atoms with Gasteiger partial charge in [0.15, 0.2) is 0 Å². The molecule has 3 nitrogen and oxygen atoms in total. The molecule has 0 aromatic carbocycles. The molecule has 0 heterocycles. The van der Waals surface area contributed by atoms with Gasteiger partial charge in [0.2, 0.25) is 0 Å². The fraction of sp³-hybridized carbons (Fsp3) is 0.818. The quantitative estimate of drug-likeness (QED) is 0.428. The molecule has 0 saturated heterocycles. The van der Waals surface area contributed by atoms with Crippen molar-refractivity contribution >= 4 is 0 Å². The van der Waals surface area contributed by atoms with Crippen molar-refractivity contribution < 1.29 is 5.11 Å². The van der Waals surface area contributed by atoms with Gasteiger partial charge >= 0.3 is 0 Å². The predicted molar refractivity (Wildman–Crippen MR) is 61.5 cm³/mol. The van der Waals surface area contributed by atoms with Crippen molar-refractivity contribution in [2.45, 2.75) is 19.3 Å². The van der Waals surface area contributed by atoms with E-state index in [0.29, 0.717) is 6.61 Å². The van der Waals surface area contributed by atoms with E-state index in [0.717, 1.165) is 38.9 Å². The van der Waals surface area contributed by atoms with Crippen LogP contribution in [0, 0.1) is 0 Å². The van der Waals surface area contributed by atoms with Crippen LogP contribution in [-0.2, 0) is 0 Å². The summed E-state index contributed by atoms with van der Waals surface area (Å²) in [5.74, 6) is 0. The second-order valence-corrected chi connectivity index (χ2v) is 3.80. The number of hydrogen-bond acceptors (Lipinski definition) is 3. The van der Waals surface area contributed by atoms with Gasteiger partial charge in [-0.05, 0) is 45.5 Å². The Morgan fingerprint density at radius 1 is 1.36 bits per heavy atom. The number of hydrogen-bond donors (Lipinski definition) is 2. The lowest BCUT2D eigenvalue weighted by Gasteiger charge is -2.17. The van der Waals surface area contributed by atoms with E-state index in [9.17, 15) is 0 Å². The molecular weight excluding hydrogens is 176 g/mol. The summed E-state index contributed by atoms with van der Waals surface area (Å²) in [5.41, 5.74) is 1.22. The van der Waals surface area contributed by atoms with E-state index < -0.39 is 0 Å². The Morgan fingerprint density at radius 3 is 2.64 bits per heavy atom. The van der Waals surface area contributed by atoms with Crippen LogP contribution in [0.2, 0.25) is 0 Å². The van der Waals surface area contributed by atoms with Crippen LogP contribution in [-0.4, -0.2) is 50.3 Å². The Morgan fingerprint density at radius 2 is 2.07 bits per heavy atom. The third kappa shape index (κ3) is 8.23. The molecule has 0 aliphatic heterocycles. The van der Waals surface area contributed by atoms with Crippen LogP contribution in [0.25, 0.3) is 0 Å². The van der Waals surface area contributed by atoms with Crippen molar-refractivity contribution in [2.24, 2.45) is 0 Å². The standard InChI is InChI=1S/C11H24N2O/c1-11(9-12-2)10-13(3)7-5-4-6-8-14/h12,14H,1,4-10H2,2-3H3. The van der Waals surface area contributed by atoms with E-state index >= 15 is 0 Å². The Kier molecular flexibility index (Phi) is 8.94. The first-order valence-corrected chi connectivity index (χ1v) is 5.31. The molecule has 0 aromatic rings. The topological polar surface area (TPSA) is 35.5 Å². The highest BCUT2D eigenvalue weighted by Gasteiger charge is 1.99. The molecule has 0 aromatic heterocycles. The minimum atomic E-state index is 0.316. The van der Waals surface area contributed by atoms with E-state index in [1.165, 1.54) is 5.57 Å². The van der Waals surface area contributed by atoms with Gasteiger partial charge in [0, 0.05) is 19.7 Å². The molecular formula is C11H24N2O. The molecule has 0 aliphatic carbocycles. The first-order valence-electron chi connectivity index (χ1n) is 5.31. The SMILES string of the molecule is C=C(CNC)CN(C)CCCCCO. The van der Waals surface area contributed by atoms with Gasteiger partial charge in [0.25, 0.3) is 0 Å². The van der Waals surface area contributed by atoms with Crippen molar-refractivity contribution in [3.05, 3.63) is 12.2 Å². The molecule has 14 heavy (non-hydrogen) atoms. The molecule has 0 amide bonds. The van der Waals surface area contributed by atoms with Crippen molar-refractivity contribution in [1.29, 1.82) is 0 Å². The highest BCUT2D eigenvalue weighted by atomic mass is 16.2. The third-order valence-corrected chi connectivity index (χ3v) is 2.12. The van der Waals surface area contributed by atoms with Crippen LogP contribution in [0.1, 0.15) is 19.3 Å². The normalized spacial score (nSPS) is 10.9. The summed E-state index contributed by atoms with van der Waals surface area (Å²) in [4.78, 5) is 2.27. The summed E-state index contributed by atoms with van der Waals surface area (Å²) in [6.07, 6.45) is 3.19. The second kappa shape index (κ2) is 9.19. The van der Waals surface area contributed by atoms with E-state index in [-0.39, 0.29) is 0 Å². The first kappa shape index (κ1) is 13.6. The number of nitrogens with one attached hydrogen (secondary N) is 1. The molecule has 84 valence electrons. The molecule has 0 fully saturated rings. The van der Waals surface area contributed by atoms with Crippen molar-refractivity contribution in [1.82, 2.24) is 10.2 Å². The average molecular weight is 200 g/mol. The van der Waals surface area contributed by atoms with Crippen LogP contribution in [0.4, 0.5) is 0 Å². The van der Waals surface area contributed by atoms with Gasteiger partial charge in [0.1, 0.15) is 0 Å². The minimum absolute atomic E-state index is 0.316. The summed E-state index contributed by atoms with van der Waals surface area (Å²) in [5, 5.41) is 11.7. The molecule has 0 rings (SSSR count). The van der Waals surface area contributed by atoms with Gasteiger partial charge in [-0.1, -0.05) is 6.58 Å². The van der Waals surface area contributed by atoms with Gasteiger partial charge in [0.05, 0.1) is 0 Å². The zero-order chi connectivity index (χ0) is 10.8. The monoisotopic (exact) mass is 200 g/mol. The van der Waals surface area contributed by atoms with E-state index in [2.05, 4.69) is 23.8 Å². The van der Waals surface area contributed by atoms with E-state index in [1.807, 2.05) is 7.05 Å². The largest absolute Gasteiger partial charge is 0.396 e. The lowest BCUT2D eigenvalue weighted by Crippen LogP contribution is -2.25. The number of likely N-dealkylation sites (N-methyl/N-ethyl adjacent to an activating group) is 2. The van der Waals surface area contributed by atoms with Crippen molar-refractivity contribution in [2.75, 3.05) is 40.3 Å². The zero-order valence-corrected chi connectivity index (χ0v) is 9.55. The first-order chi connectivity index (χ1) is 6.70. The van der Waals surface area contributed by atoms with Gasteiger partial charge in [-0.15, -0.1) is 0 Å². The number of rotatable bonds is 9. The molecule has 0 aliphatic rings. The van der Waals surface area contributed by atoms with E-state index in [1.54, 1.807) is 0 Å². The molecule has 0 unspecified atom stereocenters. The molecule has 3 heteroatoms. The summed E-state index contributed by atoms with van der Waals surface area (Å²) in [6.45, 7) is 7.23. The number of unbranched alkanes of at least 4 members (excludes halogenated alkanes) is 2. The summed E-state index contributed by atoms with van der Waals surface area (Å²) < 4.78 is 0. The Balaban J connectivity index is 3.35. The highest BCUT2D eigenvalue weighted by Crippen LogP contribution is 1.99. The Labute approximate surface area is 87.8 Å². The summed E-state index contributed by atoms with van der Waals surface area (Å²) in [6, 6.07) is 0. The Hall–Kier alpha value is -0.380. The molecule has 0 atom stereocenters. The van der Waals surface area contributed by atoms with Crippen LogP contribution < -0.4 is 5.32 Å². The van der Waals surface area contributed by atoms with Gasteiger partial charge in [-0.3, -0.25) is 0 Å². The Bertz CT molecular complexity index is 148. The van der Waals surface area contributed by atoms with Crippen LogP contribution in [0.15, 0.2) is 12.2 Å². The van der Waals surface area contributed by atoms with Crippen LogP contribution in [0.3, 0.4) is 0 Å². The average Bonchev–Trinajstić information content (AvgIpc) is 2.13. The number of aliphatic hydroxyl groups excluding tert-OH is 1. The van der Waals surface area contributed by atoms with Crippen LogP contribution in [0.5, 0.6) is 0 Å². The van der Waals surface area contributed by atoms with Gasteiger partial charge in [-0.25, -0.2) is 0 Å². The molecule has 0 bridgehead atoms. The molecule has 0 radical (unpaired) electrons. The maximum atomic E-state index is 8.61. The highest BCUT2D eigenvalue weighted by molar-refractivity contribution is 4.98. The number of aliphatic hydroxyl groups is 1. The summed E-state index contributed by atoms with van der Waals surface area (Å²) >= 11 is 0. The maximum absolute atomic E-state index is 8.61. The smallest absolute Gasteiger partial charge is 0.0431 e. The number of nitrogens with zero attached hydrogens (tertiary/aromatic N) is 1. The minimum Gasteiger partial charge on any atom is -0.396 e. The van der Waals surface area contributed by atoms with Crippen molar-refractivity contribution in [3.63, 3.8) is 0 Å². The molecule has 0 spiro atoms. The third-order valence-electron chi connectivity index (χ3n) is 2.12.